The number of nitrogens with one attached hydrogen (secondary N) is 1. The average Bonchev–Trinajstić information content (AvgIpc) is 2.87. The Morgan fingerprint density at radius 3 is 2.63 bits per heavy atom. The molecule has 3 N–H and O–H groups in total. The summed E-state index contributed by atoms with van der Waals surface area (Å²) in [5.74, 6) is 0. The van der Waals surface area contributed by atoms with Gasteiger partial charge in [0.1, 0.15) is 0 Å². The zero-order valence-corrected chi connectivity index (χ0v) is 11.8. The molecule has 3 nitrogen and oxygen atoms in total. The lowest BCUT2D eigenvalue weighted by Crippen LogP contribution is -2.46. The fourth-order valence-corrected chi connectivity index (χ4v) is 3.57. The van der Waals surface area contributed by atoms with Crippen molar-refractivity contribution < 1.29 is 0 Å². The van der Waals surface area contributed by atoms with E-state index >= 15 is 0 Å². The van der Waals surface area contributed by atoms with Crippen molar-refractivity contribution in [2.75, 3.05) is 14.1 Å². The molecular formula is C16H23N3. The lowest BCUT2D eigenvalue weighted by Gasteiger charge is -2.45. The van der Waals surface area contributed by atoms with Gasteiger partial charge in [0.15, 0.2) is 0 Å². The molecule has 0 aliphatic heterocycles. The van der Waals surface area contributed by atoms with E-state index in [1.807, 2.05) is 6.20 Å². The molecular weight excluding hydrogens is 234 g/mol. The Morgan fingerprint density at radius 1 is 1.21 bits per heavy atom. The fourth-order valence-electron chi connectivity index (χ4n) is 3.57. The van der Waals surface area contributed by atoms with E-state index in [2.05, 4.69) is 48.2 Å². The molecule has 1 saturated carbocycles. The molecule has 1 aromatic heterocycles. The normalized spacial score (nSPS) is 28.1. The minimum absolute atomic E-state index is 0.136. The molecule has 0 spiro atoms. The van der Waals surface area contributed by atoms with Gasteiger partial charge in [-0.15, -0.1) is 0 Å². The highest BCUT2D eigenvalue weighted by atomic mass is 15.1. The number of benzene rings is 1. The van der Waals surface area contributed by atoms with Crippen molar-refractivity contribution in [2.45, 2.75) is 37.3 Å². The zero-order chi connectivity index (χ0) is 13.5. The number of aromatic amines is 1. The van der Waals surface area contributed by atoms with Crippen LogP contribution in [0, 0.1) is 0 Å². The van der Waals surface area contributed by atoms with E-state index in [4.69, 9.17) is 5.73 Å². The van der Waals surface area contributed by atoms with Gasteiger partial charge < -0.3 is 10.7 Å². The van der Waals surface area contributed by atoms with Crippen LogP contribution in [0.3, 0.4) is 0 Å². The van der Waals surface area contributed by atoms with Crippen LogP contribution in [0.5, 0.6) is 0 Å². The lowest BCUT2D eigenvalue weighted by molar-refractivity contribution is 0.0933. The Morgan fingerprint density at radius 2 is 1.95 bits per heavy atom. The van der Waals surface area contributed by atoms with Gasteiger partial charge in [-0.3, -0.25) is 4.90 Å². The van der Waals surface area contributed by atoms with Gasteiger partial charge >= 0.3 is 0 Å². The molecule has 0 saturated heterocycles. The van der Waals surface area contributed by atoms with Crippen LogP contribution in [-0.4, -0.2) is 30.0 Å². The molecule has 0 bridgehead atoms. The predicted octanol–water partition coefficient (Wildman–Crippen LogP) is 2.83. The van der Waals surface area contributed by atoms with Gasteiger partial charge in [-0.05, 0) is 57.5 Å². The van der Waals surface area contributed by atoms with Gasteiger partial charge in [0.25, 0.3) is 0 Å². The summed E-state index contributed by atoms with van der Waals surface area (Å²) in [6, 6.07) is 9.17. The summed E-state index contributed by atoms with van der Waals surface area (Å²) in [5.41, 5.74) is 8.92. The second-order valence-corrected chi connectivity index (χ2v) is 6.01. The number of nitrogens with two attached hydrogens (primary N) is 1. The van der Waals surface area contributed by atoms with Gasteiger partial charge in [-0.25, -0.2) is 0 Å². The third kappa shape index (κ3) is 1.97. The molecule has 1 aromatic carbocycles. The van der Waals surface area contributed by atoms with E-state index in [9.17, 15) is 0 Å². The van der Waals surface area contributed by atoms with E-state index in [1.54, 1.807) is 0 Å². The molecule has 1 heterocycles. The first kappa shape index (κ1) is 12.7. The lowest BCUT2D eigenvalue weighted by atomic mass is 9.73. The average molecular weight is 257 g/mol. The van der Waals surface area contributed by atoms with Crippen molar-refractivity contribution in [2.24, 2.45) is 5.73 Å². The highest BCUT2D eigenvalue weighted by Crippen LogP contribution is 2.43. The van der Waals surface area contributed by atoms with E-state index in [0.717, 1.165) is 25.7 Å². The Balaban J connectivity index is 2.12. The molecule has 1 fully saturated rings. The molecule has 0 atom stereocenters. The molecule has 3 heteroatoms. The van der Waals surface area contributed by atoms with Gasteiger partial charge in [0.2, 0.25) is 0 Å². The third-order valence-corrected chi connectivity index (χ3v) is 4.81. The highest BCUT2D eigenvalue weighted by molar-refractivity contribution is 5.84. The predicted molar refractivity (Wildman–Crippen MR) is 80.1 cm³/mol. The van der Waals surface area contributed by atoms with Gasteiger partial charge in [0, 0.05) is 28.7 Å². The maximum atomic E-state index is 6.10. The maximum Gasteiger partial charge on any atom is 0.0462 e. The number of aromatic nitrogens is 1. The summed E-state index contributed by atoms with van der Waals surface area (Å²) >= 11 is 0. The molecule has 1 aliphatic carbocycles. The first-order valence-corrected chi connectivity index (χ1v) is 7.13. The fraction of sp³-hybridized carbons (Fsp3) is 0.500. The molecule has 19 heavy (non-hydrogen) atoms. The molecule has 0 radical (unpaired) electrons. The van der Waals surface area contributed by atoms with Crippen molar-refractivity contribution in [1.29, 1.82) is 0 Å². The van der Waals surface area contributed by atoms with Crippen molar-refractivity contribution in [3.05, 3.63) is 36.0 Å². The number of hydrogen-bond acceptors (Lipinski definition) is 2. The topological polar surface area (TPSA) is 45.0 Å². The van der Waals surface area contributed by atoms with Crippen LogP contribution < -0.4 is 5.73 Å². The number of nitrogens with zero attached hydrogens (tertiary/aromatic N) is 1. The highest BCUT2D eigenvalue weighted by Gasteiger charge is 2.38. The van der Waals surface area contributed by atoms with Crippen molar-refractivity contribution in [3.8, 4) is 0 Å². The standard InChI is InChI=1S/C16H23N3/c1-19(2)16(9-6-12(17)7-10-16)14-4-3-5-15-13(14)8-11-18-15/h3-5,8,11-12,18H,6-7,9-10,17H2,1-2H3. The second kappa shape index (κ2) is 4.66. The second-order valence-electron chi connectivity index (χ2n) is 6.01. The number of fused-ring (bicyclic) bond motifs is 1. The zero-order valence-electron chi connectivity index (χ0n) is 11.8. The van der Waals surface area contributed by atoms with Crippen LogP contribution in [0.4, 0.5) is 0 Å². The van der Waals surface area contributed by atoms with Crippen molar-refractivity contribution in [3.63, 3.8) is 0 Å². The van der Waals surface area contributed by atoms with E-state index in [1.165, 1.54) is 16.5 Å². The number of hydrogen-bond donors (Lipinski definition) is 2. The summed E-state index contributed by atoms with van der Waals surface area (Å²) in [4.78, 5) is 5.71. The SMILES string of the molecule is CN(C)C1(c2cccc3[nH]ccc23)CCC(N)CC1. The Kier molecular flexibility index (Phi) is 3.11. The molecule has 1 aliphatic rings. The van der Waals surface area contributed by atoms with Crippen LogP contribution in [0.15, 0.2) is 30.5 Å². The molecule has 3 rings (SSSR count). The summed E-state index contributed by atoms with van der Waals surface area (Å²) in [7, 11) is 4.39. The monoisotopic (exact) mass is 257 g/mol. The van der Waals surface area contributed by atoms with E-state index < -0.39 is 0 Å². The third-order valence-electron chi connectivity index (χ3n) is 4.81. The summed E-state index contributed by atoms with van der Waals surface area (Å²) in [6.45, 7) is 0. The van der Waals surface area contributed by atoms with Crippen LogP contribution in [-0.2, 0) is 5.54 Å². The van der Waals surface area contributed by atoms with Crippen LogP contribution >= 0.6 is 0 Å². The summed E-state index contributed by atoms with van der Waals surface area (Å²) in [6.07, 6.45) is 6.54. The Labute approximate surface area is 114 Å². The summed E-state index contributed by atoms with van der Waals surface area (Å²) in [5, 5.41) is 1.35. The van der Waals surface area contributed by atoms with E-state index in [-0.39, 0.29) is 5.54 Å². The van der Waals surface area contributed by atoms with Crippen LogP contribution in [0.2, 0.25) is 0 Å². The number of rotatable bonds is 2. The Hall–Kier alpha value is -1.32. The van der Waals surface area contributed by atoms with Crippen molar-refractivity contribution >= 4 is 10.9 Å². The molecule has 2 aromatic rings. The molecule has 0 amide bonds. The minimum Gasteiger partial charge on any atom is -0.361 e. The quantitative estimate of drug-likeness (QED) is 0.869. The van der Waals surface area contributed by atoms with E-state index in [0.29, 0.717) is 6.04 Å². The Bertz CT molecular complexity index is 562. The van der Waals surface area contributed by atoms with Crippen LogP contribution in [0.25, 0.3) is 10.9 Å². The first-order valence-electron chi connectivity index (χ1n) is 7.13. The van der Waals surface area contributed by atoms with Crippen molar-refractivity contribution in [1.82, 2.24) is 9.88 Å². The molecule has 0 unspecified atom stereocenters. The largest absolute Gasteiger partial charge is 0.361 e. The first-order chi connectivity index (χ1) is 9.13. The van der Waals surface area contributed by atoms with Gasteiger partial charge in [0.05, 0.1) is 0 Å². The van der Waals surface area contributed by atoms with Gasteiger partial charge in [-0.2, -0.15) is 0 Å². The smallest absolute Gasteiger partial charge is 0.0462 e. The molecule has 102 valence electrons. The maximum absolute atomic E-state index is 6.10. The van der Waals surface area contributed by atoms with Gasteiger partial charge in [-0.1, -0.05) is 12.1 Å². The minimum atomic E-state index is 0.136. The summed E-state index contributed by atoms with van der Waals surface area (Å²) < 4.78 is 0. The van der Waals surface area contributed by atoms with Crippen LogP contribution in [0.1, 0.15) is 31.2 Å². The number of H-pyrrole nitrogens is 1.